The SMILES string of the molecule is CCn1c(SCC(=O)Nc2ccc(N(C)C)cc2)nnc1-c1ccc2ncn(C)c2c1. The molecular formula is C22H25N7OS. The Labute approximate surface area is 185 Å². The van der Waals surface area contributed by atoms with Crippen molar-refractivity contribution in [2.24, 2.45) is 7.05 Å². The molecule has 9 heteroatoms. The predicted molar refractivity (Wildman–Crippen MR) is 126 cm³/mol. The summed E-state index contributed by atoms with van der Waals surface area (Å²) in [6, 6.07) is 13.8. The van der Waals surface area contributed by atoms with Crippen LogP contribution in [0.25, 0.3) is 22.4 Å². The number of hydrogen-bond acceptors (Lipinski definition) is 6. The predicted octanol–water partition coefficient (Wildman–Crippen LogP) is 3.65. The molecule has 1 amide bonds. The summed E-state index contributed by atoms with van der Waals surface area (Å²) < 4.78 is 4.01. The van der Waals surface area contributed by atoms with Crippen LogP contribution in [-0.2, 0) is 18.4 Å². The van der Waals surface area contributed by atoms with Crippen molar-refractivity contribution >= 4 is 40.1 Å². The van der Waals surface area contributed by atoms with Gasteiger partial charge in [-0.1, -0.05) is 11.8 Å². The number of rotatable bonds is 7. The van der Waals surface area contributed by atoms with Gasteiger partial charge in [0.2, 0.25) is 5.91 Å². The Hall–Kier alpha value is -3.33. The van der Waals surface area contributed by atoms with Crippen LogP contribution in [0.1, 0.15) is 6.92 Å². The van der Waals surface area contributed by atoms with Gasteiger partial charge in [-0.3, -0.25) is 4.79 Å². The summed E-state index contributed by atoms with van der Waals surface area (Å²) in [5.74, 6) is 0.966. The van der Waals surface area contributed by atoms with E-state index in [2.05, 4.69) is 26.6 Å². The van der Waals surface area contributed by atoms with E-state index in [9.17, 15) is 4.79 Å². The van der Waals surface area contributed by atoms with Crippen molar-refractivity contribution in [1.29, 1.82) is 0 Å². The van der Waals surface area contributed by atoms with Crippen molar-refractivity contribution in [3.8, 4) is 11.4 Å². The van der Waals surface area contributed by atoms with E-state index in [-0.39, 0.29) is 11.7 Å². The molecule has 1 N–H and O–H groups in total. The van der Waals surface area contributed by atoms with E-state index in [0.717, 1.165) is 39.0 Å². The fourth-order valence-corrected chi connectivity index (χ4v) is 4.13. The summed E-state index contributed by atoms with van der Waals surface area (Å²) in [6.45, 7) is 2.76. The lowest BCUT2D eigenvalue weighted by Crippen LogP contribution is -2.15. The number of carbonyl (C=O) groups is 1. The first-order valence-corrected chi connectivity index (χ1v) is 11.0. The number of carbonyl (C=O) groups excluding carboxylic acids is 1. The van der Waals surface area contributed by atoms with E-state index in [1.54, 1.807) is 6.33 Å². The van der Waals surface area contributed by atoms with Crippen LogP contribution in [-0.4, -0.2) is 50.1 Å². The van der Waals surface area contributed by atoms with E-state index in [0.29, 0.717) is 6.54 Å². The van der Waals surface area contributed by atoms with Gasteiger partial charge in [0, 0.05) is 44.6 Å². The number of nitrogens with one attached hydrogen (secondary N) is 1. The van der Waals surface area contributed by atoms with Crippen molar-refractivity contribution < 1.29 is 4.79 Å². The zero-order valence-corrected chi connectivity index (χ0v) is 18.8. The number of amides is 1. The minimum Gasteiger partial charge on any atom is -0.378 e. The third kappa shape index (κ3) is 4.41. The fourth-order valence-electron chi connectivity index (χ4n) is 3.33. The molecule has 4 aromatic rings. The molecule has 0 atom stereocenters. The average molecular weight is 436 g/mol. The summed E-state index contributed by atoms with van der Waals surface area (Å²) in [6.07, 6.45) is 1.80. The molecule has 0 bridgehead atoms. The maximum absolute atomic E-state index is 12.4. The monoisotopic (exact) mass is 435 g/mol. The Morgan fingerprint density at radius 1 is 1.13 bits per heavy atom. The number of imidazole rings is 1. The van der Waals surface area contributed by atoms with E-state index in [1.165, 1.54) is 11.8 Å². The average Bonchev–Trinajstić information content (AvgIpc) is 3.35. The normalized spacial score (nSPS) is 11.1. The van der Waals surface area contributed by atoms with Crippen LogP contribution >= 0.6 is 11.8 Å². The molecule has 160 valence electrons. The molecule has 0 unspecified atom stereocenters. The van der Waals surface area contributed by atoms with E-state index >= 15 is 0 Å². The maximum atomic E-state index is 12.4. The summed E-state index contributed by atoms with van der Waals surface area (Å²) in [5, 5.41) is 12.4. The lowest BCUT2D eigenvalue weighted by molar-refractivity contribution is -0.113. The zero-order chi connectivity index (χ0) is 22.0. The van der Waals surface area contributed by atoms with Gasteiger partial charge < -0.3 is 19.4 Å². The van der Waals surface area contributed by atoms with E-state index < -0.39 is 0 Å². The van der Waals surface area contributed by atoms with Gasteiger partial charge in [0.1, 0.15) is 0 Å². The molecular weight excluding hydrogens is 410 g/mol. The smallest absolute Gasteiger partial charge is 0.234 e. The van der Waals surface area contributed by atoms with Crippen molar-refractivity contribution in [2.75, 3.05) is 30.1 Å². The highest BCUT2D eigenvalue weighted by molar-refractivity contribution is 7.99. The van der Waals surface area contributed by atoms with E-state index in [1.807, 2.05) is 78.5 Å². The number of benzene rings is 2. The molecule has 0 saturated carbocycles. The highest BCUT2D eigenvalue weighted by Gasteiger charge is 2.16. The molecule has 0 radical (unpaired) electrons. The fraction of sp³-hybridized carbons (Fsp3) is 0.273. The lowest BCUT2D eigenvalue weighted by Gasteiger charge is -2.13. The van der Waals surface area contributed by atoms with Crippen LogP contribution in [0, 0.1) is 0 Å². The van der Waals surface area contributed by atoms with Gasteiger partial charge in [0.05, 0.1) is 23.1 Å². The maximum Gasteiger partial charge on any atom is 0.234 e. The summed E-state index contributed by atoms with van der Waals surface area (Å²) in [4.78, 5) is 18.8. The van der Waals surface area contributed by atoms with Crippen molar-refractivity contribution in [2.45, 2.75) is 18.6 Å². The van der Waals surface area contributed by atoms with Gasteiger partial charge >= 0.3 is 0 Å². The molecule has 31 heavy (non-hydrogen) atoms. The molecule has 0 saturated heterocycles. The van der Waals surface area contributed by atoms with Gasteiger partial charge in [-0.05, 0) is 49.4 Å². The minimum atomic E-state index is -0.0777. The van der Waals surface area contributed by atoms with Gasteiger partial charge in [0.15, 0.2) is 11.0 Å². The minimum absolute atomic E-state index is 0.0777. The first-order valence-electron chi connectivity index (χ1n) is 10.0. The Balaban J connectivity index is 1.46. The van der Waals surface area contributed by atoms with Crippen LogP contribution in [0.2, 0.25) is 0 Å². The lowest BCUT2D eigenvalue weighted by atomic mass is 10.2. The summed E-state index contributed by atoms with van der Waals surface area (Å²) >= 11 is 1.38. The molecule has 0 fully saturated rings. The van der Waals surface area contributed by atoms with Gasteiger partial charge in [-0.2, -0.15) is 0 Å². The number of hydrogen-bond donors (Lipinski definition) is 1. The van der Waals surface area contributed by atoms with Crippen LogP contribution in [0.5, 0.6) is 0 Å². The van der Waals surface area contributed by atoms with Gasteiger partial charge in [0.25, 0.3) is 0 Å². The second kappa shape index (κ2) is 8.81. The van der Waals surface area contributed by atoms with Gasteiger partial charge in [-0.15, -0.1) is 10.2 Å². The molecule has 0 aliphatic carbocycles. The third-order valence-corrected chi connectivity index (χ3v) is 5.98. The number of nitrogens with zero attached hydrogens (tertiary/aromatic N) is 6. The van der Waals surface area contributed by atoms with Gasteiger partial charge in [-0.25, -0.2) is 4.98 Å². The molecule has 8 nitrogen and oxygen atoms in total. The summed E-state index contributed by atoms with van der Waals surface area (Å²) in [7, 11) is 5.94. The molecule has 0 spiro atoms. The molecule has 0 aliphatic heterocycles. The van der Waals surface area contributed by atoms with Crippen LogP contribution in [0.3, 0.4) is 0 Å². The van der Waals surface area contributed by atoms with Crippen LogP contribution < -0.4 is 10.2 Å². The Kier molecular flexibility index (Phi) is 5.94. The van der Waals surface area contributed by atoms with Crippen molar-refractivity contribution in [1.82, 2.24) is 24.3 Å². The third-order valence-electron chi connectivity index (χ3n) is 5.02. The first kappa shape index (κ1) is 20.9. The van der Waals surface area contributed by atoms with E-state index in [4.69, 9.17) is 0 Å². The Bertz CT molecular complexity index is 1210. The molecule has 0 aliphatic rings. The van der Waals surface area contributed by atoms with Crippen molar-refractivity contribution in [3.63, 3.8) is 0 Å². The number of fused-ring (bicyclic) bond motifs is 1. The van der Waals surface area contributed by atoms with Crippen molar-refractivity contribution in [3.05, 3.63) is 48.8 Å². The quantitative estimate of drug-likeness (QED) is 0.446. The number of aryl methyl sites for hydroxylation is 1. The zero-order valence-electron chi connectivity index (χ0n) is 18.0. The molecule has 2 heterocycles. The number of anilines is 2. The largest absolute Gasteiger partial charge is 0.378 e. The first-order chi connectivity index (χ1) is 15.0. The standard InChI is InChI=1S/C22H25N7OS/c1-5-29-21(15-6-11-18-19(12-15)28(4)14-23-18)25-26-22(29)31-13-20(30)24-16-7-9-17(10-8-16)27(2)3/h6-12,14H,5,13H2,1-4H3,(H,24,30). The number of aromatic nitrogens is 5. The summed E-state index contributed by atoms with van der Waals surface area (Å²) in [5.41, 5.74) is 4.82. The molecule has 2 aromatic heterocycles. The Morgan fingerprint density at radius 3 is 2.61 bits per heavy atom. The van der Waals surface area contributed by atoms with Crippen LogP contribution in [0.4, 0.5) is 11.4 Å². The molecule has 2 aromatic carbocycles. The second-order valence-electron chi connectivity index (χ2n) is 7.39. The highest BCUT2D eigenvalue weighted by atomic mass is 32.2. The van der Waals surface area contributed by atoms with Crippen LogP contribution in [0.15, 0.2) is 53.9 Å². The Morgan fingerprint density at radius 2 is 1.90 bits per heavy atom. The highest BCUT2D eigenvalue weighted by Crippen LogP contribution is 2.26. The molecule has 4 rings (SSSR count). The second-order valence-corrected chi connectivity index (χ2v) is 8.33. The number of thioether (sulfide) groups is 1. The topological polar surface area (TPSA) is 80.9 Å².